The highest BCUT2D eigenvalue weighted by Crippen LogP contribution is 2.21. The van der Waals surface area contributed by atoms with Crippen LogP contribution in [0.5, 0.6) is 5.75 Å². The van der Waals surface area contributed by atoms with E-state index in [4.69, 9.17) is 0 Å². The topological polar surface area (TPSA) is 70.7 Å². The fourth-order valence-corrected chi connectivity index (χ4v) is 1.28. The van der Waals surface area contributed by atoms with E-state index in [2.05, 4.69) is 10.6 Å². The number of hydrogen-bond acceptors (Lipinski definition) is 3. The number of aromatic hydroxyl groups is 1. The predicted octanol–water partition coefficient (Wildman–Crippen LogP) is 3.01. The third-order valence-electron chi connectivity index (χ3n) is 2.14. The maximum Gasteiger partial charge on any atom is 0.188 e. The van der Waals surface area contributed by atoms with Crippen LogP contribution in [0, 0.1) is 5.21 Å². The summed E-state index contributed by atoms with van der Waals surface area (Å²) in [6, 6.07) is 15.1. The van der Waals surface area contributed by atoms with E-state index in [-0.39, 0.29) is 5.75 Å². The molecule has 0 fully saturated rings. The van der Waals surface area contributed by atoms with E-state index in [1.165, 1.54) is 6.07 Å². The molecule has 0 heterocycles. The van der Waals surface area contributed by atoms with Crippen molar-refractivity contribution in [2.24, 2.45) is 5.22 Å². The minimum absolute atomic E-state index is 0.0395. The maximum absolute atomic E-state index is 11.5. The van der Waals surface area contributed by atoms with E-state index in [1.807, 2.05) is 6.07 Å². The second-order valence-electron chi connectivity index (χ2n) is 3.34. The van der Waals surface area contributed by atoms with E-state index in [0.717, 1.165) is 0 Å². The Morgan fingerprint density at radius 1 is 1.00 bits per heavy atom. The molecule has 0 atom stereocenters. The lowest BCUT2D eigenvalue weighted by Crippen LogP contribution is -1.97. The van der Waals surface area contributed by atoms with Crippen LogP contribution in [0.3, 0.4) is 0 Å². The van der Waals surface area contributed by atoms with Crippen LogP contribution >= 0.6 is 0 Å². The number of nitrogens with zero attached hydrogens (tertiary/aromatic N) is 2. The maximum atomic E-state index is 11.5. The molecule has 5 nitrogen and oxygen atoms in total. The Morgan fingerprint density at radius 2 is 1.65 bits per heavy atom. The van der Waals surface area contributed by atoms with Gasteiger partial charge in [0.05, 0.1) is 5.22 Å². The summed E-state index contributed by atoms with van der Waals surface area (Å²) in [6.07, 6.45) is 0. The zero-order valence-electron chi connectivity index (χ0n) is 8.95. The van der Waals surface area contributed by atoms with Gasteiger partial charge in [-0.2, -0.15) is 0 Å². The van der Waals surface area contributed by atoms with Crippen molar-refractivity contribution in [3.63, 3.8) is 0 Å². The average Bonchev–Trinajstić information content (AvgIpc) is 2.38. The highest BCUT2D eigenvalue weighted by molar-refractivity contribution is 5.54. The van der Waals surface area contributed by atoms with Gasteiger partial charge in [-0.1, -0.05) is 30.3 Å². The van der Waals surface area contributed by atoms with E-state index >= 15 is 0 Å². The Kier molecular flexibility index (Phi) is 3.20. The molecule has 0 aliphatic rings. The fourth-order valence-electron chi connectivity index (χ4n) is 1.28. The molecule has 86 valence electrons. The Morgan fingerprint density at radius 3 is 2.35 bits per heavy atom. The number of benzene rings is 2. The molecule has 2 rings (SSSR count). The van der Waals surface area contributed by atoms with E-state index in [1.54, 1.807) is 42.5 Å². The van der Waals surface area contributed by atoms with Crippen molar-refractivity contribution in [3.8, 4) is 5.75 Å². The monoisotopic (exact) mass is 229 g/mol. The highest BCUT2D eigenvalue weighted by Gasteiger charge is 2.03. The Bertz CT molecular complexity index is 526. The number of hydrogen-bond donors (Lipinski definition) is 2. The van der Waals surface area contributed by atoms with Crippen molar-refractivity contribution in [3.05, 3.63) is 59.8 Å². The quantitative estimate of drug-likeness (QED) is 0.368. The summed E-state index contributed by atoms with van der Waals surface area (Å²) < 4.78 is 0. The molecule has 2 aromatic rings. The lowest BCUT2D eigenvalue weighted by molar-refractivity contribution is -0.439. The van der Waals surface area contributed by atoms with Crippen molar-refractivity contribution < 1.29 is 9.97 Å². The molecule has 0 unspecified atom stereocenters. The van der Waals surface area contributed by atoms with Gasteiger partial charge in [0, 0.05) is 0 Å². The van der Waals surface area contributed by atoms with Crippen LogP contribution in [0.15, 0.2) is 59.8 Å². The van der Waals surface area contributed by atoms with Crippen LogP contribution in [0.25, 0.3) is 0 Å². The van der Waals surface area contributed by atoms with Crippen molar-refractivity contribution in [1.29, 1.82) is 0 Å². The molecule has 0 aliphatic carbocycles. The van der Waals surface area contributed by atoms with Crippen molar-refractivity contribution in [2.45, 2.75) is 0 Å². The second kappa shape index (κ2) is 4.98. The molecule has 2 N–H and O–H groups in total. The standard InChI is InChI=1S/C12H11N3O2/c16-12-9-5-4-8-11(12)13-14-15(17)10-6-2-1-3-7-10/h1-9,13,16H/b15-14-. The summed E-state index contributed by atoms with van der Waals surface area (Å²) in [5.74, 6) is 0.0395. The third kappa shape index (κ3) is 2.72. The Hall–Kier alpha value is -2.56. The number of phenols is 1. The molecule has 0 amide bonds. The molecule has 5 heteroatoms. The average molecular weight is 229 g/mol. The Labute approximate surface area is 98.2 Å². The lowest BCUT2D eigenvalue weighted by Gasteiger charge is -2.04. The zero-order chi connectivity index (χ0) is 12.1. The van der Waals surface area contributed by atoms with Crippen molar-refractivity contribution >= 4 is 11.4 Å². The van der Waals surface area contributed by atoms with Gasteiger partial charge in [-0.05, 0) is 24.3 Å². The summed E-state index contributed by atoms with van der Waals surface area (Å²) in [4.78, 5) is 0.451. The number of phenolic OH excluding ortho intramolecular Hbond substituents is 1. The second-order valence-corrected chi connectivity index (χ2v) is 3.34. The molecule has 0 saturated carbocycles. The minimum atomic E-state index is 0.0395. The smallest absolute Gasteiger partial charge is 0.188 e. The van der Waals surface area contributed by atoms with Gasteiger partial charge in [0.1, 0.15) is 0 Å². The van der Waals surface area contributed by atoms with Gasteiger partial charge >= 0.3 is 0 Å². The van der Waals surface area contributed by atoms with Gasteiger partial charge in [-0.25, -0.2) is 0 Å². The van der Waals surface area contributed by atoms with Crippen LogP contribution in [0.1, 0.15) is 0 Å². The summed E-state index contributed by atoms with van der Waals surface area (Å²) >= 11 is 0. The van der Waals surface area contributed by atoms with Gasteiger partial charge in [0.25, 0.3) is 0 Å². The molecule has 2 aromatic carbocycles. The first kappa shape index (κ1) is 10.9. The number of nitrogens with one attached hydrogen (secondary N) is 1. The molecule has 0 radical (unpaired) electrons. The lowest BCUT2D eigenvalue weighted by atomic mass is 10.3. The number of para-hydroxylation sites is 3. The first-order valence-electron chi connectivity index (χ1n) is 5.04. The fraction of sp³-hybridized carbons (Fsp3) is 0. The molecule has 0 bridgehead atoms. The first-order chi connectivity index (χ1) is 8.27. The van der Waals surface area contributed by atoms with E-state index < -0.39 is 0 Å². The summed E-state index contributed by atoms with van der Waals surface area (Å²) in [6.45, 7) is 0. The largest absolute Gasteiger partial charge is 0.691 e. The van der Waals surface area contributed by atoms with Crippen LogP contribution < -0.4 is 5.43 Å². The molecule has 17 heavy (non-hydrogen) atoms. The molecule has 0 aromatic heterocycles. The molecular formula is C12H11N3O2. The summed E-state index contributed by atoms with van der Waals surface area (Å²) in [5.41, 5.74) is 3.29. The van der Waals surface area contributed by atoms with Crippen LogP contribution in [0.2, 0.25) is 0 Å². The highest BCUT2D eigenvalue weighted by atomic mass is 16.5. The normalized spacial score (nSPS) is 11.2. The molecule has 0 aliphatic heterocycles. The number of rotatable bonds is 3. The van der Waals surface area contributed by atoms with Gasteiger partial charge < -0.3 is 10.3 Å². The van der Waals surface area contributed by atoms with Gasteiger partial charge in [0.15, 0.2) is 17.1 Å². The predicted molar refractivity (Wildman–Crippen MR) is 63.9 cm³/mol. The zero-order valence-corrected chi connectivity index (χ0v) is 8.95. The summed E-state index contributed by atoms with van der Waals surface area (Å²) in [5, 5.41) is 24.6. The van der Waals surface area contributed by atoms with Crippen LogP contribution in [-0.4, -0.2) is 9.97 Å². The van der Waals surface area contributed by atoms with Gasteiger partial charge in [-0.15, -0.1) is 10.3 Å². The summed E-state index contributed by atoms with van der Waals surface area (Å²) in [7, 11) is 0. The minimum Gasteiger partial charge on any atom is -0.691 e. The molecule has 0 spiro atoms. The van der Waals surface area contributed by atoms with Gasteiger partial charge in [-0.3, -0.25) is 0 Å². The SMILES string of the molecule is [O-]/[N+](=N\Nc1ccccc1O)c1ccccc1. The van der Waals surface area contributed by atoms with Crippen molar-refractivity contribution in [2.75, 3.05) is 5.43 Å². The molecular weight excluding hydrogens is 218 g/mol. The Balaban J connectivity index is 2.14. The van der Waals surface area contributed by atoms with Crippen LogP contribution in [0.4, 0.5) is 11.4 Å². The van der Waals surface area contributed by atoms with Gasteiger partial charge in [0.2, 0.25) is 0 Å². The first-order valence-corrected chi connectivity index (χ1v) is 5.04. The third-order valence-corrected chi connectivity index (χ3v) is 2.14. The van der Waals surface area contributed by atoms with E-state index in [9.17, 15) is 10.3 Å². The van der Waals surface area contributed by atoms with Crippen molar-refractivity contribution in [1.82, 2.24) is 0 Å². The van der Waals surface area contributed by atoms with E-state index in [0.29, 0.717) is 16.2 Å². The molecule has 0 saturated heterocycles. The van der Waals surface area contributed by atoms with Crippen LogP contribution in [-0.2, 0) is 0 Å². The number of anilines is 1.